The molecule has 0 aliphatic rings. The predicted octanol–water partition coefficient (Wildman–Crippen LogP) is 4.94. The van der Waals surface area contributed by atoms with Crippen molar-refractivity contribution in [3.8, 4) is 28.7 Å². The summed E-state index contributed by atoms with van der Waals surface area (Å²) in [5, 5.41) is 27.2. The van der Waals surface area contributed by atoms with Gasteiger partial charge in [0.1, 0.15) is 5.82 Å². The highest BCUT2D eigenvalue weighted by atomic mass is 15.5. The Balaban J connectivity index is 1.46. The highest BCUT2D eigenvalue weighted by molar-refractivity contribution is 5.96. The number of tetrazole rings is 1. The van der Waals surface area contributed by atoms with Crippen LogP contribution in [0.25, 0.3) is 33.5 Å². The second-order valence-corrected chi connectivity index (χ2v) is 10.9. The van der Waals surface area contributed by atoms with Gasteiger partial charge in [0.15, 0.2) is 5.82 Å². The molecule has 0 bridgehead atoms. The molecule has 0 fully saturated rings. The summed E-state index contributed by atoms with van der Waals surface area (Å²) in [6, 6.07) is 20.9. The van der Waals surface area contributed by atoms with E-state index in [-0.39, 0.29) is 0 Å². The van der Waals surface area contributed by atoms with E-state index >= 15 is 0 Å². The number of likely N-dealkylation sites (N-methyl/N-ethyl adjacent to an activating group) is 2. The molecule has 0 aliphatic carbocycles. The van der Waals surface area contributed by atoms with Gasteiger partial charge in [0.05, 0.1) is 11.0 Å². The van der Waals surface area contributed by atoms with Crippen molar-refractivity contribution < 1.29 is 0 Å². The molecule has 0 atom stereocenters. The number of benzene rings is 3. The molecule has 11 nitrogen and oxygen atoms in total. The first kappa shape index (κ1) is 29.4. The van der Waals surface area contributed by atoms with Crippen LogP contribution >= 0.6 is 0 Å². The lowest BCUT2D eigenvalue weighted by molar-refractivity contribution is 0.357. The maximum atomic E-state index is 9.35. The van der Waals surface area contributed by atoms with Gasteiger partial charge in [-0.2, -0.15) is 5.26 Å². The number of imidazole rings is 1. The molecule has 0 amide bonds. The van der Waals surface area contributed by atoms with Crippen LogP contribution in [0.1, 0.15) is 30.3 Å². The average Bonchev–Trinajstić information content (AvgIpc) is 3.66. The Hall–Kier alpha value is -5.08. The SMILES string of the molecule is CCCc1nc2c(C)cc(N/C(=N\C#N)N(C)CCN(C)C)cc2n1Cc1ccc(-c2ccccc2-c2nnn[nH]2)cc1. The summed E-state index contributed by atoms with van der Waals surface area (Å²) in [7, 11) is 5.99. The molecular weight excluding hydrogens is 538 g/mol. The molecule has 2 N–H and O–H groups in total. The normalized spacial score (nSPS) is 11.7. The zero-order valence-corrected chi connectivity index (χ0v) is 25.3. The molecule has 0 unspecified atom stereocenters. The molecule has 2 heterocycles. The number of guanidine groups is 1. The molecule has 0 saturated carbocycles. The Morgan fingerprint density at radius 2 is 1.81 bits per heavy atom. The van der Waals surface area contributed by atoms with Crippen molar-refractivity contribution >= 4 is 22.7 Å². The summed E-state index contributed by atoms with van der Waals surface area (Å²) in [5.74, 6) is 2.21. The first-order chi connectivity index (χ1) is 20.9. The van der Waals surface area contributed by atoms with Gasteiger partial charge in [0, 0.05) is 44.4 Å². The van der Waals surface area contributed by atoms with Gasteiger partial charge in [-0.05, 0) is 72.3 Å². The summed E-state index contributed by atoms with van der Waals surface area (Å²) in [6.07, 6.45) is 3.81. The minimum Gasteiger partial charge on any atom is -0.344 e. The minimum atomic E-state index is 0.514. The number of aromatic nitrogens is 6. The topological polar surface area (TPSA) is 127 Å². The van der Waals surface area contributed by atoms with E-state index in [1.807, 2.05) is 50.4 Å². The number of hydrogen-bond acceptors (Lipinski definition) is 7. The monoisotopic (exact) mass is 575 g/mol. The molecular formula is C32H37N11. The summed E-state index contributed by atoms with van der Waals surface area (Å²) in [4.78, 5) is 13.2. The van der Waals surface area contributed by atoms with Crippen LogP contribution in [-0.4, -0.2) is 80.2 Å². The summed E-state index contributed by atoms with van der Waals surface area (Å²) < 4.78 is 2.30. The number of fused-ring (bicyclic) bond motifs is 1. The zero-order valence-electron chi connectivity index (χ0n) is 25.3. The second-order valence-electron chi connectivity index (χ2n) is 10.9. The third-order valence-electron chi connectivity index (χ3n) is 7.39. The van der Waals surface area contributed by atoms with Crippen molar-refractivity contribution in [1.29, 1.82) is 5.26 Å². The van der Waals surface area contributed by atoms with Crippen LogP contribution in [0, 0.1) is 18.4 Å². The van der Waals surface area contributed by atoms with E-state index in [9.17, 15) is 5.26 Å². The molecule has 220 valence electrons. The third-order valence-corrected chi connectivity index (χ3v) is 7.39. The first-order valence-electron chi connectivity index (χ1n) is 14.4. The quantitative estimate of drug-likeness (QED) is 0.136. The lowest BCUT2D eigenvalue weighted by Gasteiger charge is -2.23. The molecule has 5 aromatic rings. The number of aliphatic imine (C=N–C) groups is 1. The van der Waals surface area contributed by atoms with Crippen molar-refractivity contribution in [3.05, 3.63) is 77.6 Å². The summed E-state index contributed by atoms with van der Waals surface area (Å²) in [5.41, 5.74) is 8.24. The van der Waals surface area contributed by atoms with E-state index in [0.29, 0.717) is 18.3 Å². The van der Waals surface area contributed by atoms with Crippen LogP contribution in [-0.2, 0) is 13.0 Å². The van der Waals surface area contributed by atoms with Crippen molar-refractivity contribution in [1.82, 2.24) is 40.0 Å². The highest BCUT2D eigenvalue weighted by Gasteiger charge is 2.16. The van der Waals surface area contributed by atoms with E-state index in [1.165, 1.54) is 5.56 Å². The van der Waals surface area contributed by atoms with Gasteiger partial charge in [0.2, 0.25) is 12.2 Å². The van der Waals surface area contributed by atoms with Crippen molar-refractivity contribution in [2.24, 2.45) is 4.99 Å². The standard InChI is InChI=1S/C32H37N11/c1-6-9-29-36-30-22(2)18-25(35-32(34-21-33)42(5)17-16-41(3)4)19-28(30)43(29)20-23-12-14-24(15-13-23)26-10-7-8-11-27(26)31-37-39-40-38-31/h7-8,10-15,18-19H,6,9,16-17,20H2,1-5H3,(H,34,35)(H,37,38,39,40). The molecule has 3 aromatic carbocycles. The largest absolute Gasteiger partial charge is 0.344 e. The summed E-state index contributed by atoms with van der Waals surface area (Å²) in [6.45, 7) is 6.51. The van der Waals surface area contributed by atoms with Gasteiger partial charge in [-0.1, -0.05) is 55.5 Å². The number of nitrogens with one attached hydrogen (secondary N) is 2. The molecule has 43 heavy (non-hydrogen) atoms. The molecule has 2 aromatic heterocycles. The smallest absolute Gasteiger partial charge is 0.214 e. The Bertz CT molecular complexity index is 1740. The number of hydrogen-bond donors (Lipinski definition) is 2. The van der Waals surface area contributed by atoms with E-state index in [0.717, 1.165) is 70.7 Å². The van der Waals surface area contributed by atoms with Crippen LogP contribution in [0.2, 0.25) is 0 Å². The fourth-order valence-electron chi connectivity index (χ4n) is 5.13. The molecule has 0 spiro atoms. The summed E-state index contributed by atoms with van der Waals surface area (Å²) >= 11 is 0. The van der Waals surface area contributed by atoms with Crippen molar-refractivity contribution in [2.45, 2.75) is 33.2 Å². The Kier molecular flexibility index (Phi) is 9.08. The number of nitriles is 1. The maximum Gasteiger partial charge on any atom is 0.214 e. The van der Waals surface area contributed by atoms with Crippen LogP contribution in [0.4, 0.5) is 5.69 Å². The van der Waals surface area contributed by atoms with E-state index in [1.54, 1.807) is 0 Å². The average molecular weight is 576 g/mol. The van der Waals surface area contributed by atoms with E-state index in [4.69, 9.17) is 4.98 Å². The Labute approximate surface area is 251 Å². The number of nitrogens with zero attached hydrogens (tertiary/aromatic N) is 9. The van der Waals surface area contributed by atoms with Crippen LogP contribution in [0.5, 0.6) is 0 Å². The third kappa shape index (κ3) is 6.71. The van der Waals surface area contributed by atoms with Gasteiger partial charge in [0.25, 0.3) is 0 Å². The number of rotatable bonds is 10. The van der Waals surface area contributed by atoms with Crippen molar-refractivity contribution in [2.75, 3.05) is 39.5 Å². The zero-order chi connectivity index (χ0) is 30.3. The predicted molar refractivity (Wildman–Crippen MR) is 170 cm³/mol. The fraction of sp³-hybridized carbons (Fsp3) is 0.312. The molecule has 11 heteroatoms. The van der Waals surface area contributed by atoms with Crippen LogP contribution in [0.15, 0.2) is 65.7 Å². The minimum absolute atomic E-state index is 0.514. The Morgan fingerprint density at radius 3 is 2.49 bits per heavy atom. The lowest BCUT2D eigenvalue weighted by atomic mass is 9.98. The molecule has 0 aliphatic heterocycles. The maximum absolute atomic E-state index is 9.35. The van der Waals surface area contributed by atoms with Gasteiger partial charge < -0.3 is 19.7 Å². The first-order valence-corrected chi connectivity index (χ1v) is 14.4. The van der Waals surface area contributed by atoms with Crippen LogP contribution in [0.3, 0.4) is 0 Å². The molecule has 0 radical (unpaired) electrons. The number of aromatic amines is 1. The van der Waals surface area contributed by atoms with E-state index < -0.39 is 0 Å². The number of aryl methyl sites for hydroxylation is 2. The molecule has 0 saturated heterocycles. The van der Waals surface area contributed by atoms with E-state index in [2.05, 4.69) is 96.7 Å². The van der Waals surface area contributed by atoms with Gasteiger partial charge in [-0.3, -0.25) is 0 Å². The Morgan fingerprint density at radius 1 is 1.05 bits per heavy atom. The molecule has 5 rings (SSSR count). The second kappa shape index (κ2) is 13.3. The number of H-pyrrole nitrogens is 1. The van der Waals surface area contributed by atoms with Crippen molar-refractivity contribution in [3.63, 3.8) is 0 Å². The highest BCUT2D eigenvalue weighted by Crippen LogP contribution is 2.31. The van der Waals surface area contributed by atoms with Gasteiger partial charge in [-0.25, -0.2) is 10.1 Å². The van der Waals surface area contributed by atoms with Crippen LogP contribution < -0.4 is 5.32 Å². The number of anilines is 1. The fourth-order valence-corrected chi connectivity index (χ4v) is 5.13. The van der Waals surface area contributed by atoms with Gasteiger partial charge >= 0.3 is 0 Å². The lowest BCUT2D eigenvalue weighted by Crippen LogP contribution is -2.37. The van der Waals surface area contributed by atoms with Gasteiger partial charge in [-0.15, -0.1) is 10.1 Å².